The summed E-state index contributed by atoms with van der Waals surface area (Å²) in [5, 5.41) is 14.5. The van der Waals surface area contributed by atoms with Gasteiger partial charge in [0.1, 0.15) is 6.33 Å². The highest BCUT2D eigenvalue weighted by molar-refractivity contribution is 7.99. The maximum absolute atomic E-state index is 12.5. The van der Waals surface area contributed by atoms with Gasteiger partial charge in [-0.3, -0.25) is 19.0 Å². The highest BCUT2D eigenvalue weighted by atomic mass is 35.5. The number of aromatic nitrogens is 3. The molecule has 0 aliphatic heterocycles. The van der Waals surface area contributed by atoms with Gasteiger partial charge in [-0.25, -0.2) is 0 Å². The Morgan fingerprint density at radius 3 is 2.72 bits per heavy atom. The Labute approximate surface area is 193 Å². The van der Waals surface area contributed by atoms with Gasteiger partial charge in [0.25, 0.3) is 5.91 Å². The largest absolute Gasteiger partial charge is 0.370 e. The summed E-state index contributed by atoms with van der Waals surface area (Å²) in [7, 11) is 0. The van der Waals surface area contributed by atoms with Crippen LogP contribution in [0.3, 0.4) is 0 Å². The molecule has 3 rings (SSSR count). The van der Waals surface area contributed by atoms with Crippen LogP contribution in [0.5, 0.6) is 0 Å². The lowest BCUT2D eigenvalue weighted by Gasteiger charge is -2.11. The first kappa shape index (κ1) is 23.3. The third kappa shape index (κ3) is 6.08. The standard InChI is InChI=1S/C21H21ClN6O3S/c1-13-6-7-14(10-16(13)22)28-12-25-27-21(28)32-11-19(30)26-17-5-3-2-4-15(17)20(31)24-9-8-18(23)29/h2-7,10,12H,8-9,11H2,1H3,(H2,23,29)(H,24,31)(H,26,30). The fourth-order valence-corrected chi connectivity index (χ4v) is 3.64. The Kier molecular flexibility index (Phi) is 7.85. The summed E-state index contributed by atoms with van der Waals surface area (Å²) >= 11 is 7.41. The number of amides is 3. The number of carbonyl (C=O) groups excluding carboxylic acids is 3. The average Bonchev–Trinajstić information content (AvgIpc) is 3.23. The first-order valence-corrected chi connectivity index (χ1v) is 11.0. The highest BCUT2D eigenvalue weighted by Gasteiger charge is 2.15. The maximum Gasteiger partial charge on any atom is 0.253 e. The van der Waals surface area contributed by atoms with Gasteiger partial charge in [0, 0.05) is 18.0 Å². The monoisotopic (exact) mass is 472 g/mol. The van der Waals surface area contributed by atoms with Crippen molar-refractivity contribution in [1.29, 1.82) is 0 Å². The second kappa shape index (κ2) is 10.8. The second-order valence-electron chi connectivity index (χ2n) is 6.77. The quantitative estimate of drug-likeness (QED) is 0.410. The van der Waals surface area contributed by atoms with Crippen molar-refractivity contribution >= 4 is 46.8 Å². The van der Waals surface area contributed by atoms with E-state index in [1.165, 1.54) is 11.8 Å². The van der Waals surface area contributed by atoms with Crippen LogP contribution in [0, 0.1) is 6.92 Å². The zero-order valence-corrected chi connectivity index (χ0v) is 18.7. The molecular weight excluding hydrogens is 452 g/mol. The van der Waals surface area contributed by atoms with Crippen LogP contribution in [0.1, 0.15) is 22.3 Å². The molecule has 9 nitrogen and oxygen atoms in total. The van der Waals surface area contributed by atoms with E-state index in [0.29, 0.717) is 15.9 Å². The van der Waals surface area contributed by atoms with Crippen LogP contribution in [0.2, 0.25) is 5.02 Å². The summed E-state index contributed by atoms with van der Waals surface area (Å²) in [5.41, 5.74) is 7.47. The summed E-state index contributed by atoms with van der Waals surface area (Å²) in [6, 6.07) is 12.2. The molecule has 0 unspecified atom stereocenters. The summed E-state index contributed by atoms with van der Waals surface area (Å²) in [4.78, 5) is 35.7. The summed E-state index contributed by atoms with van der Waals surface area (Å²) < 4.78 is 1.74. The molecule has 1 heterocycles. The van der Waals surface area contributed by atoms with Crippen LogP contribution in [-0.4, -0.2) is 44.8 Å². The smallest absolute Gasteiger partial charge is 0.253 e. The average molecular weight is 473 g/mol. The number of para-hydroxylation sites is 1. The number of rotatable bonds is 9. The molecule has 0 fully saturated rings. The van der Waals surface area contributed by atoms with Crippen molar-refractivity contribution in [3.05, 3.63) is 64.9 Å². The molecule has 0 spiro atoms. The third-order valence-corrected chi connectivity index (χ3v) is 5.74. The SMILES string of the molecule is Cc1ccc(-n2cnnc2SCC(=O)Nc2ccccc2C(=O)NCCC(N)=O)cc1Cl. The lowest BCUT2D eigenvalue weighted by molar-refractivity contribution is -0.118. The van der Waals surface area contributed by atoms with Crippen molar-refractivity contribution in [1.82, 2.24) is 20.1 Å². The van der Waals surface area contributed by atoms with Gasteiger partial charge in [0.15, 0.2) is 5.16 Å². The summed E-state index contributed by atoms with van der Waals surface area (Å²) in [6.07, 6.45) is 1.58. The predicted octanol–water partition coefficient (Wildman–Crippen LogP) is 2.57. The van der Waals surface area contributed by atoms with Crippen molar-refractivity contribution in [3.63, 3.8) is 0 Å². The minimum Gasteiger partial charge on any atom is -0.370 e. The van der Waals surface area contributed by atoms with Gasteiger partial charge >= 0.3 is 0 Å². The first-order chi connectivity index (χ1) is 15.3. The van der Waals surface area contributed by atoms with Crippen LogP contribution in [-0.2, 0) is 9.59 Å². The van der Waals surface area contributed by atoms with Crippen LogP contribution in [0.15, 0.2) is 53.9 Å². The van der Waals surface area contributed by atoms with Crippen LogP contribution in [0.25, 0.3) is 5.69 Å². The number of nitrogens with zero attached hydrogens (tertiary/aromatic N) is 3. The molecule has 0 aliphatic carbocycles. The van der Waals surface area contributed by atoms with Gasteiger partial charge < -0.3 is 16.4 Å². The Morgan fingerprint density at radius 2 is 1.97 bits per heavy atom. The molecule has 1 aromatic heterocycles. The summed E-state index contributed by atoms with van der Waals surface area (Å²) in [6.45, 7) is 2.03. The third-order valence-electron chi connectivity index (χ3n) is 4.39. The van der Waals surface area contributed by atoms with E-state index in [1.54, 1.807) is 41.2 Å². The molecule has 166 valence electrons. The first-order valence-electron chi connectivity index (χ1n) is 9.60. The van der Waals surface area contributed by atoms with Crippen LogP contribution >= 0.6 is 23.4 Å². The number of halogens is 1. The van der Waals surface area contributed by atoms with E-state index in [2.05, 4.69) is 20.8 Å². The second-order valence-corrected chi connectivity index (χ2v) is 8.12. The van der Waals surface area contributed by atoms with Crippen molar-refractivity contribution in [3.8, 4) is 5.69 Å². The number of benzene rings is 2. The molecule has 3 amide bonds. The molecular formula is C21H21ClN6O3S. The van der Waals surface area contributed by atoms with E-state index in [9.17, 15) is 14.4 Å². The van der Waals surface area contributed by atoms with Gasteiger partial charge in [-0.05, 0) is 36.8 Å². The van der Waals surface area contributed by atoms with E-state index < -0.39 is 11.8 Å². The topological polar surface area (TPSA) is 132 Å². The maximum atomic E-state index is 12.5. The number of hydrogen-bond donors (Lipinski definition) is 3. The Morgan fingerprint density at radius 1 is 1.19 bits per heavy atom. The number of hydrogen-bond acceptors (Lipinski definition) is 6. The Bertz CT molecular complexity index is 1150. The van der Waals surface area contributed by atoms with Crippen molar-refractivity contribution in [2.45, 2.75) is 18.5 Å². The molecule has 32 heavy (non-hydrogen) atoms. The molecule has 0 bridgehead atoms. The Hall–Kier alpha value is -3.37. The highest BCUT2D eigenvalue weighted by Crippen LogP contribution is 2.24. The molecule has 11 heteroatoms. The zero-order valence-electron chi connectivity index (χ0n) is 17.2. The number of thioether (sulfide) groups is 1. The normalized spacial score (nSPS) is 10.6. The minimum atomic E-state index is -0.510. The van der Waals surface area contributed by atoms with Crippen LogP contribution in [0.4, 0.5) is 5.69 Å². The number of anilines is 1. The van der Waals surface area contributed by atoms with E-state index in [1.807, 2.05) is 19.1 Å². The van der Waals surface area contributed by atoms with Crippen molar-refractivity contribution in [2.75, 3.05) is 17.6 Å². The lowest BCUT2D eigenvalue weighted by Crippen LogP contribution is -2.29. The van der Waals surface area contributed by atoms with Crippen LogP contribution < -0.4 is 16.4 Å². The lowest BCUT2D eigenvalue weighted by atomic mass is 10.1. The van der Waals surface area contributed by atoms with Gasteiger partial charge in [-0.2, -0.15) is 0 Å². The molecule has 3 aromatic rings. The van der Waals surface area contributed by atoms with Crippen molar-refractivity contribution < 1.29 is 14.4 Å². The molecule has 0 atom stereocenters. The zero-order chi connectivity index (χ0) is 23.1. The number of nitrogens with two attached hydrogens (primary N) is 1. The Balaban J connectivity index is 1.63. The van der Waals surface area contributed by atoms with E-state index in [0.717, 1.165) is 11.3 Å². The number of nitrogens with one attached hydrogen (secondary N) is 2. The molecule has 4 N–H and O–H groups in total. The predicted molar refractivity (Wildman–Crippen MR) is 123 cm³/mol. The van der Waals surface area contributed by atoms with E-state index in [4.69, 9.17) is 17.3 Å². The fraction of sp³-hybridized carbons (Fsp3) is 0.190. The molecule has 0 aliphatic rings. The molecule has 0 radical (unpaired) electrons. The minimum absolute atomic E-state index is 0.0315. The summed E-state index contributed by atoms with van der Waals surface area (Å²) in [5.74, 6) is -1.19. The molecule has 0 saturated carbocycles. The number of carbonyl (C=O) groups is 3. The van der Waals surface area contributed by atoms with E-state index >= 15 is 0 Å². The molecule has 0 saturated heterocycles. The van der Waals surface area contributed by atoms with Gasteiger partial charge in [-0.15, -0.1) is 10.2 Å². The van der Waals surface area contributed by atoms with E-state index in [-0.39, 0.29) is 30.2 Å². The van der Waals surface area contributed by atoms with Gasteiger partial charge in [-0.1, -0.05) is 41.6 Å². The van der Waals surface area contributed by atoms with Gasteiger partial charge in [0.05, 0.1) is 22.7 Å². The van der Waals surface area contributed by atoms with Gasteiger partial charge in [0.2, 0.25) is 11.8 Å². The molecule has 2 aromatic carbocycles. The number of primary amides is 1. The van der Waals surface area contributed by atoms with Crippen molar-refractivity contribution in [2.24, 2.45) is 5.73 Å². The number of aryl methyl sites for hydroxylation is 1. The fourth-order valence-electron chi connectivity index (χ4n) is 2.73.